The minimum Gasteiger partial charge on any atom is -0.342 e. The van der Waals surface area contributed by atoms with Crippen LogP contribution in [0.25, 0.3) is 5.57 Å². The van der Waals surface area contributed by atoms with E-state index in [9.17, 15) is 9.59 Å². The Hall–Kier alpha value is -1.89. The number of hydrogen-bond acceptors (Lipinski definition) is 4. The van der Waals surface area contributed by atoms with E-state index in [1.54, 1.807) is 18.0 Å². The summed E-state index contributed by atoms with van der Waals surface area (Å²) in [5.74, 6) is -0.326. The van der Waals surface area contributed by atoms with Crippen LogP contribution in [-0.4, -0.2) is 51.6 Å². The van der Waals surface area contributed by atoms with Crippen molar-refractivity contribution in [1.82, 2.24) is 14.8 Å². The fourth-order valence-electron chi connectivity index (χ4n) is 3.69. The van der Waals surface area contributed by atoms with Crippen LogP contribution in [0.5, 0.6) is 0 Å². The van der Waals surface area contributed by atoms with Crippen molar-refractivity contribution in [3.05, 3.63) is 45.3 Å². The van der Waals surface area contributed by atoms with Crippen LogP contribution in [0.3, 0.4) is 0 Å². The molecule has 156 valence electrons. The first kappa shape index (κ1) is 21.8. The highest BCUT2D eigenvalue weighted by molar-refractivity contribution is 6.33. The molecule has 0 spiro atoms. The topological polar surface area (TPSA) is 79.5 Å². The number of halogens is 2. The zero-order valence-corrected chi connectivity index (χ0v) is 18.6. The SMILES string of the molecule is Cc1nc2c(c(C3=CC=C(Cl)CC3Cl)c1CN)C(=O)N(CC(=O)N(C)C(C)C)C2. The normalized spacial score (nSPS) is 18.7. The Labute approximate surface area is 181 Å². The summed E-state index contributed by atoms with van der Waals surface area (Å²) in [5, 5.41) is 0.306. The van der Waals surface area contributed by atoms with Crippen molar-refractivity contribution in [2.45, 2.75) is 51.7 Å². The number of nitrogens with two attached hydrogens (primary N) is 1. The van der Waals surface area contributed by atoms with Gasteiger partial charge in [0.2, 0.25) is 5.91 Å². The monoisotopic (exact) mass is 436 g/mol. The van der Waals surface area contributed by atoms with Crippen molar-refractivity contribution >= 4 is 40.6 Å². The van der Waals surface area contributed by atoms with E-state index in [4.69, 9.17) is 28.9 Å². The first-order valence-electron chi connectivity index (χ1n) is 9.63. The van der Waals surface area contributed by atoms with Crippen LogP contribution in [0.2, 0.25) is 0 Å². The molecule has 3 rings (SSSR count). The maximum Gasteiger partial charge on any atom is 0.257 e. The quantitative estimate of drug-likeness (QED) is 0.718. The van der Waals surface area contributed by atoms with Crippen LogP contribution in [0.1, 0.15) is 53.1 Å². The molecule has 6 nitrogen and oxygen atoms in total. The van der Waals surface area contributed by atoms with Gasteiger partial charge in [-0.2, -0.15) is 0 Å². The van der Waals surface area contributed by atoms with Gasteiger partial charge in [0, 0.05) is 42.3 Å². The lowest BCUT2D eigenvalue weighted by Gasteiger charge is -2.25. The minimum atomic E-state index is -0.362. The third kappa shape index (κ3) is 4.06. The highest BCUT2D eigenvalue weighted by Gasteiger charge is 2.37. The van der Waals surface area contributed by atoms with Crippen molar-refractivity contribution in [2.24, 2.45) is 5.73 Å². The molecule has 0 fully saturated rings. The van der Waals surface area contributed by atoms with Crippen LogP contribution in [0.15, 0.2) is 17.2 Å². The van der Waals surface area contributed by atoms with Crippen molar-refractivity contribution in [1.29, 1.82) is 0 Å². The van der Waals surface area contributed by atoms with E-state index in [2.05, 4.69) is 4.98 Å². The largest absolute Gasteiger partial charge is 0.342 e. The molecule has 2 heterocycles. The lowest BCUT2D eigenvalue weighted by atomic mass is 9.88. The average Bonchev–Trinajstić information content (AvgIpc) is 2.95. The summed E-state index contributed by atoms with van der Waals surface area (Å²) in [5.41, 5.74) is 10.3. The Morgan fingerprint density at radius 1 is 1.38 bits per heavy atom. The van der Waals surface area contributed by atoms with E-state index in [0.717, 1.165) is 22.4 Å². The number of likely N-dealkylation sites (N-methyl/N-ethyl adjacent to an activating group) is 1. The van der Waals surface area contributed by atoms with Crippen LogP contribution in [0, 0.1) is 6.92 Å². The molecule has 0 bridgehead atoms. The molecule has 2 aliphatic rings. The number of alkyl halides is 1. The maximum absolute atomic E-state index is 13.3. The molecule has 8 heteroatoms. The summed E-state index contributed by atoms with van der Waals surface area (Å²) in [6, 6.07) is 0.0586. The number of fused-ring (bicyclic) bond motifs is 1. The molecule has 1 aliphatic carbocycles. The number of nitrogens with zero attached hydrogens (tertiary/aromatic N) is 3. The van der Waals surface area contributed by atoms with Crippen molar-refractivity contribution in [3.63, 3.8) is 0 Å². The Kier molecular flexibility index (Phi) is 6.36. The van der Waals surface area contributed by atoms with E-state index in [1.165, 1.54) is 4.90 Å². The van der Waals surface area contributed by atoms with Gasteiger partial charge in [0.15, 0.2) is 0 Å². The number of aromatic nitrogens is 1. The molecule has 2 N–H and O–H groups in total. The number of allylic oxidation sites excluding steroid dienone is 4. The second-order valence-electron chi connectivity index (χ2n) is 7.74. The van der Waals surface area contributed by atoms with Gasteiger partial charge in [-0.1, -0.05) is 17.7 Å². The average molecular weight is 437 g/mol. The number of pyridine rings is 1. The van der Waals surface area contributed by atoms with E-state index in [1.807, 2.05) is 26.8 Å². The standard InChI is InChI=1S/C21H26Cl2N4O2/c1-11(2)26(4)18(28)10-27-9-17-20(21(27)29)19(15(8-24)12(3)25-17)14-6-5-13(22)7-16(14)23/h5-6,11,16H,7-10,24H2,1-4H3. The Morgan fingerprint density at radius 3 is 2.66 bits per heavy atom. The van der Waals surface area contributed by atoms with Crippen molar-refractivity contribution in [2.75, 3.05) is 13.6 Å². The van der Waals surface area contributed by atoms with Crippen LogP contribution in [0.4, 0.5) is 0 Å². The van der Waals surface area contributed by atoms with Gasteiger partial charge in [-0.25, -0.2) is 0 Å². The fourth-order valence-corrected chi connectivity index (χ4v) is 4.33. The summed E-state index contributed by atoms with van der Waals surface area (Å²) in [7, 11) is 1.74. The summed E-state index contributed by atoms with van der Waals surface area (Å²) in [4.78, 5) is 33.6. The van der Waals surface area contributed by atoms with Gasteiger partial charge in [0.05, 0.1) is 23.2 Å². The predicted octanol–water partition coefficient (Wildman–Crippen LogP) is 3.19. The zero-order valence-electron chi connectivity index (χ0n) is 17.1. The Morgan fingerprint density at radius 2 is 2.07 bits per heavy atom. The molecule has 1 aliphatic heterocycles. The van der Waals surface area contributed by atoms with E-state index in [-0.39, 0.29) is 36.3 Å². The van der Waals surface area contributed by atoms with E-state index < -0.39 is 0 Å². The predicted molar refractivity (Wildman–Crippen MR) is 116 cm³/mol. The summed E-state index contributed by atoms with van der Waals surface area (Å²) < 4.78 is 0. The molecule has 0 saturated heterocycles. The molecule has 2 amide bonds. The van der Waals surface area contributed by atoms with Gasteiger partial charge >= 0.3 is 0 Å². The molecule has 29 heavy (non-hydrogen) atoms. The molecule has 0 aromatic carbocycles. The number of carbonyl (C=O) groups is 2. The first-order chi connectivity index (χ1) is 13.6. The highest BCUT2D eigenvalue weighted by atomic mass is 35.5. The number of aryl methyl sites for hydroxylation is 1. The van der Waals surface area contributed by atoms with Crippen molar-refractivity contribution in [3.8, 4) is 0 Å². The molecule has 1 aromatic heterocycles. The fraction of sp³-hybridized carbons (Fsp3) is 0.476. The number of carbonyl (C=O) groups excluding carboxylic acids is 2. The van der Waals surface area contributed by atoms with Crippen LogP contribution in [-0.2, 0) is 17.9 Å². The smallest absolute Gasteiger partial charge is 0.257 e. The van der Waals surface area contributed by atoms with E-state index in [0.29, 0.717) is 29.3 Å². The second kappa shape index (κ2) is 8.46. The van der Waals surface area contributed by atoms with E-state index >= 15 is 0 Å². The van der Waals surface area contributed by atoms with Crippen LogP contribution < -0.4 is 5.73 Å². The highest BCUT2D eigenvalue weighted by Crippen LogP contribution is 2.39. The van der Waals surface area contributed by atoms with Gasteiger partial charge < -0.3 is 15.5 Å². The lowest BCUT2D eigenvalue weighted by Crippen LogP contribution is -2.41. The van der Waals surface area contributed by atoms with Crippen molar-refractivity contribution < 1.29 is 9.59 Å². The van der Waals surface area contributed by atoms with Gasteiger partial charge in [-0.05, 0) is 38.0 Å². The molecular weight excluding hydrogens is 411 g/mol. The molecule has 0 radical (unpaired) electrons. The molecule has 1 unspecified atom stereocenters. The Bertz CT molecular complexity index is 924. The van der Waals surface area contributed by atoms with Gasteiger partial charge in [0.1, 0.15) is 6.54 Å². The zero-order chi connectivity index (χ0) is 21.5. The third-order valence-corrected chi connectivity index (χ3v) is 6.23. The van der Waals surface area contributed by atoms with Gasteiger partial charge in [-0.3, -0.25) is 14.6 Å². The number of hydrogen-bond donors (Lipinski definition) is 1. The second-order valence-corrected chi connectivity index (χ2v) is 8.76. The summed E-state index contributed by atoms with van der Waals surface area (Å²) in [6.45, 7) is 6.29. The third-order valence-electron chi connectivity index (χ3n) is 5.56. The molecule has 0 saturated carbocycles. The molecule has 1 aromatic rings. The maximum atomic E-state index is 13.3. The van der Waals surface area contributed by atoms with Gasteiger partial charge in [-0.15, -0.1) is 11.6 Å². The summed E-state index contributed by atoms with van der Waals surface area (Å²) >= 11 is 12.7. The summed E-state index contributed by atoms with van der Waals surface area (Å²) in [6.07, 6.45) is 4.15. The molecule has 1 atom stereocenters. The molecular formula is C21H26Cl2N4O2. The minimum absolute atomic E-state index is 0.00933. The van der Waals surface area contributed by atoms with Crippen LogP contribution >= 0.6 is 23.2 Å². The Balaban J connectivity index is 2.05. The number of rotatable bonds is 5. The first-order valence-corrected chi connectivity index (χ1v) is 10.4. The lowest BCUT2D eigenvalue weighted by molar-refractivity contribution is -0.132. The van der Waals surface area contributed by atoms with Gasteiger partial charge in [0.25, 0.3) is 5.91 Å². The number of amides is 2.